The van der Waals surface area contributed by atoms with E-state index in [0.29, 0.717) is 38.1 Å². The number of anilines is 1. The number of benzene rings is 1. The summed E-state index contributed by atoms with van der Waals surface area (Å²) in [4.78, 5) is 25.1. The van der Waals surface area contributed by atoms with Gasteiger partial charge < -0.3 is 20.3 Å². The fourth-order valence-corrected chi connectivity index (χ4v) is 2.59. The van der Waals surface area contributed by atoms with Gasteiger partial charge in [-0.1, -0.05) is 0 Å². The third-order valence-electron chi connectivity index (χ3n) is 3.89. The van der Waals surface area contributed by atoms with E-state index in [1.807, 2.05) is 0 Å². The summed E-state index contributed by atoms with van der Waals surface area (Å²) in [6.07, 6.45) is -4.29. The number of nitrogens with zero attached hydrogens (tertiary/aromatic N) is 1. The zero-order valence-corrected chi connectivity index (χ0v) is 14.0. The zero-order valence-electron chi connectivity index (χ0n) is 14.0. The summed E-state index contributed by atoms with van der Waals surface area (Å²) in [5.41, 5.74) is -1.61. The quantitative estimate of drug-likeness (QED) is 0.791. The number of hydrogen-bond acceptors (Lipinski definition) is 3. The maximum absolute atomic E-state index is 13.2. The van der Waals surface area contributed by atoms with Gasteiger partial charge in [-0.2, -0.15) is 13.2 Å². The second-order valence-electron chi connectivity index (χ2n) is 5.75. The maximum atomic E-state index is 13.2. The van der Waals surface area contributed by atoms with Gasteiger partial charge in [-0.3, -0.25) is 0 Å². The van der Waals surface area contributed by atoms with Gasteiger partial charge >= 0.3 is 18.3 Å². The Morgan fingerprint density at radius 3 is 2.50 bits per heavy atom. The standard InChI is InChI=1S/C16H19F4N3O3/c1-2-26-15(25)23-7-5-10(6-8-23)21-14(24)22-11-3-4-13(17)12(9-11)16(18,19)20/h3-4,9-10H,2,5-8H2,1H3,(H2,21,22,24). The number of carbonyl (C=O) groups is 2. The Balaban J connectivity index is 1.87. The highest BCUT2D eigenvalue weighted by Gasteiger charge is 2.34. The highest BCUT2D eigenvalue weighted by molar-refractivity contribution is 5.89. The molecule has 0 bridgehead atoms. The molecule has 2 rings (SSSR count). The molecule has 0 aliphatic carbocycles. The third-order valence-corrected chi connectivity index (χ3v) is 3.89. The van der Waals surface area contributed by atoms with Crippen molar-refractivity contribution in [2.75, 3.05) is 25.0 Å². The Kier molecular flexibility index (Phi) is 6.27. The first kappa shape index (κ1) is 19.8. The minimum absolute atomic E-state index is 0.166. The first-order valence-corrected chi connectivity index (χ1v) is 8.06. The van der Waals surface area contributed by atoms with Crippen LogP contribution in [0, 0.1) is 5.82 Å². The Bertz CT molecular complexity index is 659. The summed E-state index contributed by atoms with van der Waals surface area (Å²) < 4.78 is 56.2. The van der Waals surface area contributed by atoms with E-state index in [1.54, 1.807) is 6.92 Å². The van der Waals surface area contributed by atoms with Gasteiger partial charge in [0.25, 0.3) is 0 Å². The lowest BCUT2D eigenvalue weighted by Gasteiger charge is -2.31. The molecule has 1 heterocycles. The van der Waals surface area contributed by atoms with E-state index in [4.69, 9.17) is 4.74 Å². The van der Waals surface area contributed by atoms with Crippen LogP contribution in [0.3, 0.4) is 0 Å². The van der Waals surface area contributed by atoms with Gasteiger partial charge in [0.15, 0.2) is 0 Å². The molecule has 0 saturated carbocycles. The van der Waals surface area contributed by atoms with Crippen molar-refractivity contribution in [3.05, 3.63) is 29.6 Å². The Hall–Kier alpha value is -2.52. The van der Waals surface area contributed by atoms with Gasteiger partial charge in [0.2, 0.25) is 0 Å². The molecular weight excluding hydrogens is 358 g/mol. The number of ether oxygens (including phenoxy) is 1. The van der Waals surface area contributed by atoms with E-state index in [2.05, 4.69) is 10.6 Å². The Labute approximate surface area is 147 Å². The number of nitrogens with one attached hydrogen (secondary N) is 2. The first-order chi connectivity index (χ1) is 12.2. The van der Waals surface area contributed by atoms with E-state index in [-0.39, 0.29) is 18.3 Å². The Morgan fingerprint density at radius 1 is 1.27 bits per heavy atom. The monoisotopic (exact) mass is 377 g/mol. The molecule has 1 saturated heterocycles. The van der Waals surface area contributed by atoms with Crippen LogP contribution in [-0.2, 0) is 10.9 Å². The van der Waals surface area contributed by atoms with Gasteiger partial charge in [-0.15, -0.1) is 0 Å². The van der Waals surface area contributed by atoms with Crippen LogP contribution in [0.1, 0.15) is 25.3 Å². The van der Waals surface area contributed by atoms with Crippen molar-refractivity contribution in [3.63, 3.8) is 0 Å². The molecule has 1 aliphatic heterocycles. The third kappa shape index (κ3) is 5.24. The number of carbonyl (C=O) groups excluding carboxylic acids is 2. The number of halogens is 4. The van der Waals surface area contributed by atoms with E-state index >= 15 is 0 Å². The zero-order chi connectivity index (χ0) is 19.3. The van der Waals surface area contributed by atoms with E-state index in [9.17, 15) is 27.2 Å². The van der Waals surface area contributed by atoms with Crippen molar-refractivity contribution < 1.29 is 31.9 Å². The fourth-order valence-electron chi connectivity index (χ4n) is 2.59. The van der Waals surface area contributed by atoms with Crippen molar-refractivity contribution in [3.8, 4) is 0 Å². The molecule has 0 atom stereocenters. The van der Waals surface area contributed by atoms with E-state index < -0.39 is 29.7 Å². The molecule has 1 aromatic carbocycles. The number of amides is 3. The average molecular weight is 377 g/mol. The van der Waals surface area contributed by atoms with Gasteiger partial charge in [0.1, 0.15) is 5.82 Å². The van der Waals surface area contributed by atoms with E-state index in [1.165, 1.54) is 4.90 Å². The number of alkyl halides is 3. The second-order valence-corrected chi connectivity index (χ2v) is 5.75. The second kappa shape index (κ2) is 8.24. The summed E-state index contributed by atoms with van der Waals surface area (Å²) in [5.74, 6) is -1.41. The van der Waals surface area contributed by atoms with Crippen molar-refractivity contribution in [1.82, 2.24) is 10.2 Å². The van der Waals surface area contributed by atoms with Crippen molar-refractivity contribution >= 4 is 17.8 Å². The van der Waals surface area contributed by atoms with Crippen LogP contribution in [-0.4, -0.2) is 42.8 Å². The molecule has 0 spiro atoms. The fraction of sp³-hybridized carbons (Fsp3) is 0.500. The molecule has 0 unspecified atom stereocenters. The summed E-state index contributed by atoms with van der Waals surface area (Å²) in [6, 6.07) is 1.31. The summed E-state index contributed by atoms with van der Waals surface area (Å²) >= 11 is 0. The molecule has 1 aromatic rings. The van der Waals surface area contributed by atoms with Crippen LogP contribution in [0.2, 0.25) is 0 Å². The largest absolute Gasteiger partial charge is 0.450 e. The lowest BCUT2D eigenvalue weighted by molar-refractivity contribution is -0.139. The highest BCUT2D eigenvalue weighted by Crippen LogP contribution is 2.33. The lowest BCUT2D eigenvalue weighted by Crippen LogP contribution is -2.47. The molecular formula is C16H19F4N3O3. The predicted molar refractivity (Wildman–Crippen MR) is 85.2 cm³/mol. The summed E-state index contributed by atoms with van der Waals surface area (Å²) in [5, 5.41) is 4.89. The number of urea groups is 1. The minimum atomic E-state index is -4.85. The molecule has 144 valence electrons. The van der Waals surface area contributed by atoms with Gasteiger partial charge in [-0.25, -0.2) is 14.0 Å². The molecule has 2 N–H and O–H groups in total. The average Bonchev–Trinajstić information content (AvgIpc) is 2.56. The van der Waals surface area contributed by atoms with Crippen molar-refractivity contribution in [2.24, 2.45) is 0 Å². The predicted octanol–water partition coefficient (Wildman–Crippen LogP) is 3.59. The minimum Gasteiger partial charge on any atom is -0.450 e. The highest BCUT2D eigenvalue weighted by atomic mass is 19.4. The molecule has 26 heavy (non-hydrogen) atoms. The van der Waals surface area contributed by atoms with Crippen LogP contribution >= 0.6 is 0 Å². The van der Waals surface area contributed by atoms with Crippen molar-refractivity contribution in [2.45, 2.75) is 32.0 Å². The first-order valence-electron chi connectivity index (χ1n) is 8.06. The van der Waals surface area contributed by atoms with Gasteiger partial charge in [0.05, 0.1) is 12.2 Å². The molecule has 3 amide bonds. The lowest BCUT2D eigenvalue weighted by atomic mass is 10.1. The van der Waals surface area contributed by atoms with Crippen LogP contribution in [0.5, 0.6) is 0 Å². The normalized spacial score (nSPS) is 15.5. The van der Waals surface area contributed by atoms with Crippen LogP contribution in [0.4, 0.5) is 32.8 Å². The Morgan fingerprint density at radius 2 is 1.92 bits per heavy atom. The van der Waals surface area contributed by atoms with Crippen LogP contribution in [0.15, 0.2) is 18.2 Å². The SMILES string of the molecule is CCOC(=O)N1CCC(NC(=O)Nc2ccc(F)c(C(F)(F)F)c2)CC1. The van der Waals surface area contributed by atoms with Crippen molar-refractivity contribution in [1.29, 1.82) is 0 Å². The molecule has 1 fully saturated rings. The molecule has 1 aliphatic rings. The van der Waals surface area contributed by atoms with Gasteiger partial charge in [-0.05, 0) is 38.0 Å². The summed E-state index contributed by atoms with van der Waals surface area (Å²) in [6.45, 7) is 2.78. The number of likely N-dealkylation sites (tertiary alicyclic amines) is 1. The smallest absolute Gasteiger partial charge is 0.419 e. The molecule has 6 nitrogen and oxygen atoms in total. The van der Waals surface area contributed by atoms with E-state index in [0.717, 1.165) is 6.07 Å². The van der Waals surface area contributed by atoms with Gasteiger partial charge in [0, 0.05) is 24.8 Å². The summed E-state index contributed by atoms with van der Waals surface area (Å²) in [7, 11) is 0. The van der Waals surface area contributed by atoms with Crippen LogP contribution in [0.25, 0.3) is 0 Å². The topological polar surface area (TPSA) is 70.7 Å². The molecule has 0 radical (unpaired) electrons. The molecule has 10 heteroatoms. The van der Waals surface area contributed by atoms with Crippen LogP contribution < -0.4 is 10.6 Å². The number of hydrogen-bond donors (Lipinski definition) is 2. The maximum Gasteiger partial charge on any atom is 0.419 e. The molecule has 0 aromatic heterocycles. The number of piperidine rings is 1. The number of rotatable bonds is 3.